The first-order valence-electron chi connectivity index (χ1n) is 7.51. The molecule has 2 aliphatic heterocycles. The van der Waals surface area contributed by atoms with Crippen molar-refractivity contribution in [3.8, 4) is 0 Å². The van der Waals surface area contributed by atoms with E-state index in [1.165, 1.54) is 35.8 Å². The van der Waals surface area contributed by atoms with Gasteiger partial charge in [-0.3, -0.25) is 9.88 Å². The molecule has 0 N–H and O–H groups in total. The summed E-state index contributed by atoms with van der Waals surface area (Å²) in [6.45, 7) is 2.05. The largest absolute Gasteiger partial charge is 0.297 e. The van der Waals surface area contributed by atoms with E-state index in [0.29, 0.717) is 6.04 Å². The SMILES string of the molecule is Cc1ccc2cc(C3=CC4CCC(C3)N4C)ccc2n1. The van der Waals surface area contributed by atoms with Gasteiger partial charge in [-0.2, -0.15) is 0 Å². The maximum absolute atomic E-state index is 4.59. The second-order valence-electron chi connectivity index (χ2n) is 6.22. The van der Waals surface area contributed by atoms with E-state index < -0.39 is 0 Å². The molecule has 1 saturated heterocycles. The molecular weight excluding hydrogens is 244 g/mol. The van der Waals surface area contributed by atoms with E-state index in [1.54, 1.807) is 0 Å². The highest BCUT2D eigenvalue weighted by molar-refractivity contribution is 5.84. The Morgan fingerprint density at radius 1 is 1.15 bits per heavy atom. The summed E-state index contributed by atoms with van der Waals surface area (Å²) in [5, 5.41) is 1.25. The van der Waals surface area contributed by atoms with Gasteiger partial charge in [0.2, 0.25) is 0 Å². The summed E-state index contributed by atoms with van der Waals surface area (Å²) in [6.07, 6.45) is 6.33. The molecule has 2 atom stereocenters. The average molecular weight is 264 g/mol. The van der Waals surface area contributed by atoms with E-state index in [2.05, 4.69) is 53.3 Å². The van der Waals surface area contributed by atoms with E-state index in [1.807, 2.05) is 6.92 Å². The van der Waals surface area contributed by atoms with Crippen LogP contribution in [0.25, 0.3) is 16.5 Å². The molecule has 0 spiro atoms. The fourth-order valence-corrected chi connectivity index (χ4v) is 3.68. The monoisotopic (exact) mass is 264 g/mol. The molecule has 0 radical (unpaired) electrons. The van der Waals surface area contributed by atoms with Crippen molar-refractivity contribution >= 4 is 16.5 Å². The lowest BCUT2D eigenvalue weighted by Crippen LogP contribution is -2.34. The summed E-state index contributed by atoms with van der Waals surface area (Å²) >= 11 is 0. The zero-order valence-electron chi connectivity index (χ0n) is 12.1. The first-order valence-corrected chi connectivity index (χ1v) is 7.51. The lowest BCUT2D eigenvalue weighted by Gasteiger charge is -2.30. The number of aryl methyl sites for hydroxylation is 1. The van der Waals surface area contributed by atoms with Crippen molar-refractivity contribution < 1.29 is 0 Å². The van der Waals surface area contributed by atoms with Crippen LogP contribution in [0.3, 0.4) is 0 Å². The lowest BCUT2D eigenvalue weighted by molar-refractivity contribution is 0.264. The molecular formula is C18H20N2. The Balaban J connectivity index is 1.76. The molecule has 0 amide bonds. The van der Waals surface area contributed by atoms with Crippen molar-refractivity contribution in [1.82, 2.24) is 9.88 Å². The van der Waals surface area contributed by atoms with Gasteiger partial charge in [0.15, 0.2) is 0 Å². The smallest absolute Gasteiger partial charge is 0.0705 e. The standard InChI is InChI=1S/C18H20N2/c1-12-3-4-14-9-13(5-8-18(14)19-12)15-10-16-6-7-17(11-15)20(16)2/h3-5,8-10,16-17H,6-7,11H2,1-2H3. The fraction of sp³-hybridized carbons (Fsp3) is 0.389. The van der Waals surface area contributed by atoms with Crippen LogP contribution < -0.4 is 0 Å². The van der Waals surface area contributed by atoms with Crippen LogP contribution in [0, 0.1) is 6.92 Å². The number of likely N-dealkylation sites (N-methyl/N-ethyl adjacent to an activating group) is 1. The normalized spacial score (nSPS) is 26.0. The van der Waals surface area contributed by atoms with E-state index in [-0.39, 0.29) is 0 Å². The van der Waals surface area contributed by atoms with Crippen LogP contribution in [0.1, 0.15) is 30.5 Å². The summed E-state index contributed by atoms with van der Waals surface area (Å²) in [6, 6.07) is 12.4. The zero-order chi connectivity index (χ0) is 13.7. The molecule has 4 rings (SSSR count). The topological polar surface area (TPSA) is 16.1 Å². The van der Waals surface area contributed by atoms with Gasteiger partial charge in [0, 0.05) is 23.2 Å². The molecule has 2 unspecified atom stereocenters. The molecule has 2 nitrogen and oxygen atoms in total. The molecule has 0 aliphatic carbocycles. The highest BCUT2D eigenvalue weighted by Gasteiger charge is 2.33. The quantitative estimate of drug-likeness (QED) is 0.779. The van der Waals surface area contributed by atoms with Gasteiger partial charge in [-0.05, 0) is 62.6 Å². The van der Waals surface area contributed by atoms with Crippen LogP contribution in [0.4, 0.5) is 0 Å². The van der Waals surface area contributed by atoms with Crippen molar-refractivity contribution in [2.75, 3.05) is 7.05 Å². The molecule has 1 aromatic carbocycles. The summed E-state index contributed by atoms with van der Waals surface area (Å²) < 4.78 is 0. The fourth-order valence-electron chi connectivity index (χ4n) is 3.68. The highest BCUT2D eigenvalue weighted by atomic mass is 15.2. The zero-order valence-corrected chi connectivity index (χ0v) is 12.1. The molecule has 20 heavy (non-hydrogen) atoms. The van der Waals surface area contributed by atoms with E-state index >= 15 is 0 Å². The molecule has 2 heteroatoms. The Hall–Kier alpha value is -1.67. The van der Waals surface area contributed by atoms with Gasteiger partial charge in [0.1, 0.15) is 0 Å². The number of hydrogen-bond acceptors (Lipinski definition) is 2. The van der Waals surface area contributed by atoms with Crippen molar-refractivity contribution in [2.24, 2.45) is 0 Å². The van der Waals surface area contributed by atoms with E-state index in [0.717, 1.165) is 17.3 Å². The molecule has 1 aromatic heterocycles. The molecule has 0 saturated carbocycles. The highest BCUT2D eigenvalue weighted by Crippen LogP contribution is 2.37. The van der Waals surface area contributed by atoms with Gasteiger partial charge in [-0.1, -0.05) is 18.2 Å². The Morgan fingerprint density at radius 3 is 2.90 bits per heavy atom. The number of benzene rings is 1. The van der Waals surface area contributed by atoms with Crippen molar-refractivity contribution in [1.29, 1.82) is 0 Å². The lowest BCUT2D eigenvalue weighted by atomic mass is 9.94. The summed E-state index contributed by atoms with van der Waals surface area (Å²) in [5.74, 6) is 0. The third-order valence-electron chi connectivity index (χ3n) is 4.94. The van der Waals surface area contributed by atoms with Gasteiger partial charge in [0.25, 0.3) is 0 Å². The van der Waals surface area contributed by atoms with E-state index in [4.69, 9.17) is 0 Å². The number of fused-ring (bicyclic) bond motifs is 3. The first-order chi connectivity index (χ1) is 9.70. The predicted octanol–water partition coefficient (Wildman–Crippen LogP) is 3.79. The second kappa shape index (κ2) is 4.42. The third kappa shape index (κ3) is 1.87. The van der Waals surface area contributed by atoms with E-state index in [9.17, 15) is 0 Å². The Labute approximate surface area is 120 Å². The summed E-state index contributed by atoms with van der Waals surface area (Å²) in [7, 11) is 2.27. The van der Waals surface area contributed by atoms with Gasteiger partial charge >= 0.3 is 0 Å². The van der Waals surface area contributed by atoms with Crippen LogP contribution in [-0.4, -0.2) is 29.0 Å². The second-order valence-corrected chi connectivity index (χ2v) is 6.22. The van der Waals surface area contributed by atoms with Crippen LogP contribution in [0.5, 0.6) is 0 Å². The predicted molar refractivity (Wildman–Crippen MR) is 83.6 cm³/mol. The minimum absolute atomic E-state index is 0.649. The van der Waals surface area contributed by atoms with Gasteiger partial charge in [0.05, 0.1) is 5.52 Å². The molecule has 1 fully saturated rings. The van der Waals surface area contributed by atoms with Gasteiger partial charge < -0.3 is 0 Å². The van der Waals surface area contributed by atoms with Crippen LogP contribution in [0.15, 0.2) is 36.4 Å². The van der Waals surface area contributed by atoms with Crippen LogP contribution in [0.2, 0.25) is 0 Å². The number of hydrogen-bond donors (Lipinski definition) is 0. The maximum atomic E-state index is 4.59. The number of aromatic nitrogens is 1. The number of pyridine rings is 1. The average Bonchev–Trinajstić information content (AvgIpc) is 2.68. The van der Waals surface area contributed by atoms with Crippen molar-refractivity contribution in [2.45, 2.75) is 38.3 Å². The Kier molecular flexibility index (Phi) is 2.67. The molecule has 2 aromatic rings. The maximum Gasteiger partial charge on any atom is 0.0705 e. The summed E-state index contributed by atoms with van der Waals surface area (Å²) in [5.41, 5.74) is 5.10. The minimum Gasteiger partial charge on any atom is -0.297 e. The Morgan fingerprint density at radius 2 is 2.05 bits per heavy atom. The van der Waals surface area contributed by atoms with Crippen LogP contribution in [-0.2, 0) is 0 Å². The van der Waals surface area contributed by atoms with Crippen molar-refractivity contribution in [3.63, 3.8) is 0 Å². The minimum atomic E-state index is 0.649. The van der Waals surface area contributed by atoms with Gasteiger partial charge in [-0.15, -0.1) is 0 Å². The molecule has 2 bridgehead atoms. The van der Waals surface area contributed by atoms with Crippen LogP contribution >= 0.6 is 0 Å². The van der Waals surface area contributed by atoms with Crippen molar-refractivity contribution in [3.05, 3.63) is 47.7 Å². The Bertz CT molecular complexity index is 702. The third-order valence-corrected chi connectivity index (χ3v) is 4.94. The summed E-state index contributed by atoms with van der Waals surface area (Å²) in [4.78, 5) is 7.13. The number of rotatable bonds is 1. The molecule has 3 heterocycles. The molecule has 102 valence electrons. The molecule has 2 aliphatic rings. The first kappa shape index (κ1) is 12.1. The number of nitrogens with zero attached hydrogens (tertiary/aromatic N) is 2. The van der Waals surface area contributed by atoms with Gasteiger partial charge in [-0.25, -0.2) is 0 Å².